The number of hydrogen-bond acceptors (Lipinski definition) is 6. The quantitative estimate of drug-likeness (QED) is 0.633. The molecule has 32 heavy (non-hydrogen) atoms. The van der Waals surface area contributed by atoms with Crippen LogP contribution in [-0.2, 0) is 6.54 Å². The Kier molecular flexibility index (Phi) is 6.18. The molecule has 9 heteroatoms. The highest BCUT2D eigenvalue weighted by molar-refractivity contribution is 7.19. The summed E-state index contributed by atoms with van der Waals surface area (Å²) in [5.74, 6) is 1.31. The average molecular weight is 455 g/mol. The second-order valence-corrected chi connectivity index (χ2v) is 9.43. The zero-order chi connectivity index (χ0) is 21.9. The van der Waals surface area contributed by atoms with Crippen molar-refractivity contribution in [3.8, 4) is 0 Å². The third-order valence-electron chi connectivity index (χ3n) is 6.28. The van der Waals surface area contributed by atoms with Gasteiger partial charge in [0.1, 0.15) is 18.0 Å². The number of carbonyl (C=O) groups excluding carboxylic acids is 1. The Morgan fingerprint density at radius 2 is 1.88 bits per heavy atom. The van der Waals surface area contributed by atoms with E-state index in [9.17, 15) is 9.18 Å². The number of anilines is 1. The normalized spacial score (nSPS) is 17.7. The van der Waals surface area contributed by atoms with Crippen LogP contribution in [0, 0.1) is 5.82 Å². The summed E-state index contributed by atoms with van der Waals surface area (Å²) in [7, 11) is 0. The Morgan fingerprint density at radius 3 is 2.62 bits per heavy atom. The van der Waals surface area contributed by atoms with Crippen molar-refractivity contribution in [3.05, 3.63) is 52.9 Å². The number of urea groups is 1. The van der Waals surface area contributed by atoms with Crippen LogP contribution in [0.3, 0.4) is 0 Å². The van der Waals surface area contributed by atoms with Gasteiger partial charge in [0.25, 0.3) is 0 Å². The standard InChI is InChI=1S/C23H27FN6OS/c24-18-3-1-16(2-4-18)14-26-23(31)30-11-9-29(10-12-30)22-21-19(27-15-28-22)13-20(32-21)17-5-7-25-8-6-17/h1-4,13,15,17,25H,5-12,14H2,(H,26,31). The Balaban J connectivity index is 1.21. The minimum absolute atomic E-state index is 0.0915. The van der Waals surface area contributed by atoms with Crippen LogP contribution in [0.25, 0.3) is 10.2 Å². The fourth-order valence-electron chi connectivity index (χ4n) is 4.41. The van der Waals surface area contributed by atoms with Crippen LogP contribution in [0.2, 0.25) is 0 Å². The van der Waals surface area contributed by atoms with Gasteiger partial charge in [-0.2, -0.15) is 0 Å². The van der Waals surface area contributed by atoms with E-state index in [1.54, 1.807) is 18.5 Å². The van der Waals surface area contributed by atoms with Crippen molar-refractivity contribution in [1.82, 2.24) is 25.5 Å². The van der Waals surface area contributed by atoms with E-state index < -0.39 is 0 Å². The van der Waals surface area contributed by atoms with E-state index >= 15 is 0 Å². The highest BCUT2D eigenvalue weighted by atomic mass is 32.1. The molecule has 5 rings (SSSR count). The SMILES string of the molecule is O=C(NCc1ccc(F)cc1)N1CCN(c2ncnc3cc(C4CCNCC4)sc23)CC1. The minimum Gasteiger partial charge on any atom is -0.352 e. The number of hydrogen-bond donors (Lipinski definition) is 2. The zero-order valence-electron chi connectivity index (χ0n) is 17.9. The number of aromatic nitrogens is 2. The maximum Gasteiger partial charge on any atom is 0.317 e. The Labute approximate surface area is 190 Å². The molecule has 2 fully saturated rings. The van der Waals surface area contributed by atoms with Crippen LogP contribution in [0.1, 0.15) is 29.2 Å². The number of fused-ring (bicyclic) bond motifs is 1. The van der Waals surface area contributed by atoms with Crippen molar-refractivity contribution in [1.29, 1.82) is 0 Å². The van der Waals surface area contributed by atoms with Crippen molar-refractivity contribution in [2.75, 3.05) is 44.2 Å². The smallest absolute Gasteiger partial charge is 0.317 e. The van der Waals surface area contributed by atoms with Gasteiger partial charge in [-0.1, -0.05) is 12.1 Å². The van der Waals surface area contributed by atoms with Gasteiger partial charge in [0, 0.05) is 37.6 Å². The van der Waals surface area contributed by atoms with Crippen molar-refractivity contribution in [2.45, 2.75) is 25.3 Å². The lowest BCUT2D eigenvalue weighted by Crippen LogP contribution is -2.51. The van der Waals surface area contributed by atoms with E-state index in [0.717, 1.165) is 47.8 Å². The summed E-state index contributed by atoms with van der Waals surface area (Å²) in [6, 6.07) is 8.33. The van der Waals surface area contributed by atoms with Crippen LogP contribution >= 0.6 is 11.3 Å². The predicted molar refractivity (Wildman–Crippen MR) is 125 cm³/mol. The summed E-state index contributed by atoms with van der Waals surface area (Å²) >= 11 is 1.82. The first-order valence-corrected chi connectivity index (χ1v) is 12.0. The average Bonchev–Trinajstić information content (AvgIpc) is 3.29. The van der Waals surface area contributed by atoms with E-state index in [1.165, 1.54) is 29.9 Å². The second kappa shape index (κ2) is 9.38. The van der Waals surface area contributed by atoms with Crippen LogP contribution in [0.15, 0.2) is 36.7 Å². The molecule has 168 valence electrons. The van der Waals surface area contributed by atoms with Gasteiger partial charge < -0.3 is 20.4 Å². The van der Waals surface area contributed by atoms with Crippen molar-refractivity contribution >= 4 is 33.4 Å². The Morgan fingerprint density at radius 1 is 1.12 bits per heavy atom. The first-order valence-electron chi connectivity index (χ1n) is 11.1. The molecule has 1 aromatic carbocycles. The van der Waals surface area contributed by atoms with E-state index in [4.69, 9.17) is 0 Å². The largest absolute Gasteiger partial charge is 0.352 e. The van der Waals surface area contributed by atoms with Gasteiger partial charge in [-0.3, -0.25) is 0 Å². The van der Waals surface area contributed by atoms with Gasteiger partial charge >= 0.3 is 6.03 Å². The number of carbonyl (C=O) groups is 1. The number of piperidine rings is 1. The van der Waals surface area contributed by atoms with Gasteiger partial charge in [-0.15, -0.1) is 11.3 Å². The van der Waals surface area contributed by atoms with Gasteiger partial charge in [0.05, 0.1) is 10.2 Å². The summed E-state index contributed by atoms with van der Waals surface area (Å²) in [6.45, 7) is 5.26. The number of nitrogens with one attached hydrogen (secondary N) is 2. The lowest BCUT2D eigenvalue weighted by atomic mass is 9.96. The van der Waals surface area contributed by atoms with Gasteiger partial charge in [-0.25, -0.2) is 19.2 Å². The van der Waals surface area contributed by atoms with Crippen molar-refractivity contribution in [2.24, 2.45) is 0 Å². The molecule has 2 aliphatic rings. The van der Waals surface area contributed by atoms with Crippen molar-refractivity contribution < 1.29 is 9.18 Å². The van der Waals surface area contributed by atoms with Crippen molar-refractivity contribution in [3.63, 3.8) is 0 Å². The van der Waals surface area contributed by atoms with E-state index in [-0.39, 0.29) is 11.8 Å². The third-order valence-corrected chi connectivity index (χ3v) is 7.56. The van der Waals surface area contributed by atoms with E-state index in [1.807, 2.05) is 16.2 Å². The Bertz CT molecular complexity index is 1070. The van der Waals surface area contributed by atoms with Gasteiger partial charge in [-0.05, 0) is 55.6 Å². The highest BCUT2D eigenvalue weighted by Gasteiger charge is 2.25. The molecule has 0 saturated carbocycles. The Hall–Kier alpha value is -2.78. The number of thiophene rings is 1. The third kappa shape index (κ3) is 4.54. The molecule has 2 amide bonds. The summed E-state index contributed by atoms with van der Waals surface area (Å²) in [4.78, 5) is 27.2. The number of rotatable bonds is 4. The molecular weight excluding hydrogens is 427 g/mol. The fraction of sp³-hybridized carbons (Fsp3) is 0.435. The molecule has 2 N–H and O–H groups in total. The van der Waals surface area contributed by atoms with Gasteiger partial charge in [0.2, 0.25) is 0 Å². The molecule has 2 aromatic heterocycles. The molecular formula is C23H27FN6OS. The van der Waals surface area contributed by atoms with Crippen LogP contribution in [0.4, 0.5) is 15.0 Å². The number of halogens is 1. The number of benzene rings is 1. The summed E-state index contributed by atoms with van der Waals surface area (Å²) in [5, 5.41) is 6.36. The maximum atomic E-state index is 13.0. The molecule has 3 aromatic rings. The summed E-state index contributed by atoms with van der Waals surface area (Å²) in [5.41, 5.74) is 1.90. The molecule has 0 radical (unpaired) electrons. The molecule has 0 unspecified atom stereocenters. The number of nitrogens with zero attached hydrogens (tertiary/aromatic N) is 4. The molecule has 2 aliphatic heterocycles. The summed E-state index contributed by atoms with van der Waals surface area (Å²) < 4.78 is 14.2. The van der Waals surface area contributed by atoms with Crippen LogP contribution in [0.5, 0.6) is 0 Å². The molecule has 7 nitrogen and oxygen atoms in total. The predicted octanol–water partition coefficient (Wildman–Crippen LogP) is 3.33. The zero-order valence-corrected chi connectivity index (χ0v) is 18.7. The molecule has 0 aliphatic carbocycles. The van der Waals surface area contributed by atoms with E-state index in [0.29, 0.717) is 25.6 Å². The molecule has 0 spiro atoms. The molecule has 2 saturated heterocycles. The molecule has 4 heterocycles. The number of amides is 2. The van der Waals surface area contributed by atoms with Gasteiger partial charge in [0.15, 0.2) is 0 Å². The molecule has 0 atom stereocenters. The highest BCUT2D eigenvalue weighted by Crippen LogP contribution is 2.38. The molecule has 0 bridgehead atoms. The minimum atomic E-state index is -0.274. The maximum absolute atomic E-state index is 13.0. The van der Waals surface area contributed by atoms with Crippen LogP contribution < -0.4 is 15.5 Å². The lowest BCUT2D eigenvalue weighted by molar-refractivity contribution is 0.194. The number of piperazine rings is 1. The first-order chi connectivity index (χ1) is 15.7. The first kappa shape index (κ1) is 21.1. The second-order valence-electron chi connectivity index (χ2n) is 8.34. The monoisotopic (exact) mass is 454 g/mol. The summed E-state index contributed by atoms with van der Waals surface area (Å²) in [6.07, 6.45) is 3.99. The van der Waals surface area contributed by atoms with Crippen LogP contribution in [-0.4, -0.2) is 60.2 Å². The lowest BCUT2D eigenvalue weighted by Gasteiger charge is -2.35. The topological polar surface area (TPSA) is 73.4 Å². The van der Waals surface area contributed by atoms with E-state index in [2.05, 4.69) is 31.6 Å². The fourth-order valence-corrected chi connectivity index (χ4v) is 5.70.